The van der Waals surface area contributed by atoms with Crippen molar-refractivity contribution in [2.75, 3.05) is 12.3 Å². The first-order valence-corrected chi connectivity index (χ1v) is 22.8. The molecule has 1 aromatic carbocycles. The molecule has 4 fully saturated rings. The number of ether oxygens (including phenoxy) is 1. The molecule has 3 saturated carbocycles. The smallest absolute Gasteiger partial charge is 0.410 e. The lowest BCUT2D eigenvalue weighted by molar-refractivity contribution is -0.142. The Morgan fingerprint density at radius 2 is 1.78 bits per heavy atom. The lowest BCUT2D eigenvalue weighted by Crippen LogP contribution is -2.59. The molecule has 54 heavy (non-hydrogen) atoms. The van der Waals surface area contributed by atoms with Crippen LogP contribution in [0.15, 0.2) is 23.2 Å². The fraction of sp³-hybridized carbons (Fsp3) is 0.718. The SMILES string of the molecule is CC[C@@H]1C[C@]1(NC(=O)[C@@H]1C[C@@H]2CN1C(=O)[C@H](C1CCCCC1)NC1=NC(CCCCCc3cccc4c3CN(C4)C(=O)O2)CS1)C(=O)NS(=O)(=O)C1CC1. The number of carbonyl (C=O) groups is 4. The van der Waals surface area contributed by atoms with E-state index in [-0.39, 0.29) is 36.8 Å². The molecule has 0 aromatic heterocycles. The second-order valence-corrected chi connectivity index (χ2v) is 19.6. The highest BCUT2D eigenvalue weighted by molar-refractivity contribution is 8.14. The van der Waals surface area contributed by atoms with Crippen LogP contribution in [-0.2, 0) is 48.7 Å². The second kappa shape index (κ2) is 15.3. The van der Waals surface area contributed by atoms with Gasteiger partial charge in [-0.2, -0.15) is 0 Å². The summed E-state index contributed by atoms with van der Waals surface area (Å²) in [5.41, 5.74) is 2.17. The largest absolute Gasteiger partial charge is 0.444 e. The lowest BCUT2D eigenvalue weighted by atomic mass is 9.83. The summed E-state index contributed by atoms with van der Waals surface area (Å²) in [5, 5.41) is 6.66. The molecule has 1 unspecified atom stereocenters. The van der Waals surface area contributed by atoms with Gasteiger partial charge in [-0.1, -0.05) is 75.4 Å². The van der Waals surface area contributed by atoms with Gasteiger partial charge in [0.25, 0.3) is 5.91 Å². The molecule has 6 atom stereocenters. The molecular formula is C39H54N6O7S2. The number of hydrogen-bond acceptors (Lipinski definition) is 10. The van der Waals surface area contributed by atoms with Crippen molar-refractivity contribution in [3.05, 3.63) is 34.9 Å². The fourth-order valence-corrected chi connectivity index (χ4v) is 11.8. The summed E-state index contributed by atoms with van der Waals surface area (Å²) in [4.78, 5) is 65.0. The standard InChI is InChI=1S/C39H54N6O7S2/c1-2-27-19-39(27,36(48)43-54(50,51)30-16-17-30)42-34(46)32-18-29-21-45(32)35(47)33(25-11-6-3-7-12-25)41-37-40-28(23-53-37)15-8-4-5-10-24-13-9-14-26-20-44(22-31(24)26)38(49)52-29/h9,13-14,25,27-30,32-33H,2-8,10-12,15-23H2,1H3,(H,40,41)(H,42,46)(H,43,48)/t27-,28?,29-,32+,33+,39-/m1/s1. The van der Waals surface area contributed by atoms with Gasteiger partial charge in [-0.3, -0.25) is 29.0 Å². The number of amidine groups is 1. The van der Waals surface area contributed by atoms with Crippen LogP contribution in [0.3, 0.4) is 0 Å². The van der Waals surface area contributed by atoms with E-state index in [4.69, 9.17) is 9.73 Å². The van der Waals surface area contributed by atoms with Crippen LogP contribution in [0.2, 0.25) is 0 Å². The van der Waals surface area contributed by atoms with Crippen molar-refractivity contribution in [2.24, 2.45) is 16.8 Å². The zero-order valence-corrected chi connectivity index (χ0v) is 32.9. The summed E-state index contributed by atoms with van der Waals surface area (Å²) in [6.07, 6.45) is 10.8. The maximum absolute atomic E-state index is 14.9. The minimum atomic E-state index is -3.83. The Morgan fingerprint density at radius 1 is 1.02 bits per heavy atom. The Labute approximate surface area is 322 Å². The molecule has 13 nitrogen and oxygen atoms in total. The van der Waals surface area contributed by atoms with Crippen molar-refractivity contribution in [3.63, 3.8) is 0 Å². The van der Waals surface area contributed by atoms with Crippen LogP contribution in [0.1, 0.15) is 114 Å². The predicted molar refractivity (Wildman–Crippen MR) is 205 cm³/mol. The predicted octanol–water partition coefficient (Wildman–Crippen LogP) is 4.13. The number of aryl methyl sites for hydroxylation is 1. The highest BCUT2D eigenvalue weighted by atomic mass is 32.2. The number of benzene rings is 1. The Hall–Kier alpha value is -3.33. The molecule has 8 rings (SSSR count). The minimum absolute atomic E-state index is 0.0360. The van der Waals surface area contributed by atoms with E-state index in [1.165, 1.54) is 11.1 Å². The van der Waals surface area contributed by atoms with E-state index in [9.17, 15) is 27.6 Å². The molecule has 7 aliphatic rings. The van der Waals surface area contributed by atoms with E-state index in [1.807, 2.05) is 6.92 Å². The molecular weight excluding hydrogens is 729 g/mol. The quantitative estimate of drug-likeness (QED) is 0.369. The van der Waals surface area contributed by atoms with E-state index in [0.29, 0.717) is 38.8 Å². The van der Waals surface area contributed by atoms with Gasteiger partial charge in [0.05, 0.1) is 17.8 Å². The highest BCUT2D eigenvalue weighted by Crippen LogP contribution is 2.47. The Bertz CT molecular complexity index is 1800. The van der Waals surface area contributed by atoms with Gasteiger partial charge in [-0.05, 0) is 79.9 Å². The van der Waals surface area contributed by atoms with Crippen molar-refractivity contribution in [1.29, 1.82) is 0 Å². The fourth-order valence-electron chi connectivity index (χ4n) is 9.42. The van der Waals surface area contributed by atoms with Gasteiger partial charge in [0.2, 0.25) is 21.8 Å². The van der Waals surface area contributed by atoms with E-state index in [1.54, 1.807) is 21.6 Å². The molecule has 0 radical (unpaired) electrons. The van der Waals surface area contributed by atoms with Crippen molar-refractivity contribution < 1.29 is 32.3 Å². The van der Waals surface area contributed by atoms with Gasteiger partial charge in [-0.15, -0.1) is 0 Å². The van der Waals surface area contributed by atoms with Crippen LogP contribution in [0.4, 0.5) is 4.79 Å². The van der Waals surface area contributed by atoms with E-state index in [0.717, 1.165) is 80.7 Å². The van der Waals surface area contributed by atoms with Gasteiger partial charge in [0.1, 0.15) is 23.7 Å². The summed E-state index contributed by atoms with van der Waals surface area (Å²) in [7, 11) is -3.83. The molecule has 4 aliphatic heterocycles. The average Bonchev–Trinajstić information content (AvgIpc) is 3.98. The number of rotatable bonds is 7. The molecule has 0 spiro atoms. The first-order valence-electron chi connectivity index (χ1n) is 20.3. The first kappa shape index (κ1) is 37.6. The number of aliphatic imine (C=N–C) groups is 1. The number of amides is 4. The van der Waals surface area contributed by atoms with Gasteiger partial charge in [0, 0.05) is 25.3 Å². The molecule has 6 bridgehead atoms. The van der Waals surface area contributed by atoms with Crippen molar-refractivity contribution in [2.45, 2.75) is 151 Å². The van der Waals surface area contributed by atoms with E-state index >= 15 is 0 Å². The zero-order chi connectivity index (χ0) is 37.6. The number of carbonyl (C=O) groups excluding carboxylic acids is 4. The number of sulfonamides is 1. The van der Waals surface area contributed by atoms with Crippen LogP contribution in [0.25, 0.3) is 0 Å². The van der Waals surface area contributed by atoms with Crippen molar-refractivity contribution >= 4 is 50.8 Å². The normalized spacial score (nSPS) is 32.0. The molecule has 1 saturated heterocycles. The topological polar surface area (TPSA) is 167 Å². The molecule has 3 N–H and O–H groups in total. The van der Waals surface area contributed by atoms with Crippen LogP contribution in [0.5, 0.6) is 0 Å². The van der Waals surface area contributed by atoms with E-state index in [2.05, 4.69) is 33.6 Å². The minimum Gasteiger partial charge on any atom is -0.444 e. The van der Waals surface area contributed by atoms with Gasteiger partial charge < -0.3 is 20.3 Å². The Balaban J connectivity index is 1.08. The number of nitrogens with zero attached hydrogens (tertiary/aromatic N) is 3. The average molecular weight is 783 g/mol. The zero-order valence-electron chi connectivity index (χ0n) is 31.2. The molecule has 294 valence electrons. The molecule has 1 aromatic rings. The number of fused-ring (bicyclic) bond motifs is 4. The summed E-state index contributed by atoms with van der Waals surface area (Å²) in [5.74, 6) is -0.831. The molecule has 4 amide bonds. The number of nitrogens with one attached hydrogen (secondary N) is 3. The van der Waals surface area contributed by atoms with Gasteiger partial charge in [-0.25, -0.2) is 13.2 Å². The molecule has 15 heteroatoms. The van der Waals surface area contributed by atoms with Crippen LogP contribution >= 0.6 is 11.8 Å². The maximum atomic E-state index is 14.9. The molecule has 3 aliphatic carbocycles. The third-order valence-corrected chi connectivity index (χ3v) is 15.7. The summed E-state index contributed by atoms with van der Waals surface area (Å²) >= 11 is 1.65. The third-order valence-electron chi connectivity index (χ3n) is 12.9. The monoisotopic (exact) mass is 782 g/mol. The summed E-state index contributed by atoms with van der Waals surface area (Å²) in [6.45, 7) is 2.83. The molecule has 4 heterocycles. The third kappa shape index (κ3) is 7.72. The lowest BCUT2D eigenvalue weighted by Gasteiger charge is -2.35. The maximum Gasteiger partial charge on any atom is 0.410 e. The number of thioether (sulfide) groups is 1. The highest BCUT2D eigenvalue weighted by Gasteiger charge is 2.62. The first-order chi connectivity index (χ1) is 26.0. The van der Waals surface area contributed by atoms with Crippen LogP contribution < -0.4 is 15.4 Å². The van der Waals surface area contributed by atoms with Crippen LogP contribution in [0, 0.1) is 11.8 Å². The van der Waals surface area contributed by atoms with E-state index < -0.39 is 56.9 Å². The number of hydrogen-bond donors (Lipinski definition) is 3. The van der Waals surface area contributed by atoms with Crippen molar-refractivity contribution in [1.82, 2.24) is 25.2 Å². The Kier molecular flexibility index (Phi) is 10.7. The van der Waals surface area contributed by atoms with Gasteiger partial charge in [0.15, 0.2) is 5.17 Å². The summed E-state index contributed by atoms with van der Waals surface area (Å²) in [6, 6.07) is 4.83. The van der Waals surface area contributed by atoms with Crippen molar-refractivity contribution in [3.8, 4) is 0 Å². The van der Waals surface area contributed by atoms with Crippen LogP contribution in [-0.4, -0.2) is 94.5 Å². The Morgan fingerprint density at radius 3 is 2.54 bits per heavy atom. The summed E-state index contributed by atoms with van der Waals surface area (Å²) < 4.78 is 33.9. The van der Waals surface area contributed by atoms with Gasteiger partial charge >= 0.3 is 6.09 Å². The second-order valence-electron chi connectivity index (χ2n) is 16.6.